The van der Waals surface area contributed by atoms with Gasteiger partial charge in [0.15, 0.2) is 6.29 Å². The normalized spacial score (nSPS) is 23.1. The Labute approximate surface area is 158 Å². The van der Waals surface area contributed by atoms with Crippen LogP contribution in [0.4, 0.5) is 0 Å². The maximum absolute atomic E-state index is 12.0. The van der Waals surface area contributed by atoms with Crippen molar-refractivity contribution in [1.82, 2.24) is 0 Å². The van der Waals surface area contributed by atoms with E-state index in [2.05, 4.69) is 24.3 Å². The Morgan fingerprint density at radius 1 is 1.00 bits per heavy atom. The topological polar surface area (TPSA) is 46.5 Å². The molecule has 0 bridgehead atoms. The number of aliphatic hydroxyl groups excluding tert-OH is 1. The first-order valence-corrected chi connectivity index (χ1v) is 10.6. The van der Waals surface area contributed by atoms with Gasteiger partial charge in [0.1, 0.15) is 5.78 Å². The van der Waals surface area contributed by atoms with Gasteiger partial charge in [-0.15, -0.1) is 0 Å². The lowest BCUT2D eigenvalue weighted by Crippen LogP contribution is -2.15. The van der Waals surface area contributed by atoms with Gasteiger partial charge >= 0.3 is 0 Å². The Kier molecular flexibility index (Phi) is 7.69. The van der Waals surface area contributed by atoms with Crippen LogP contribution >= 0.6 is 0 Å². The molecule has 26 heavy (non-hydrogen) atoms. The number of benzene rings is 1. The number of ketones is 1. The van der Waals surface area contributed by atoms with Crippen molar-refractivity contribution < 1.29 is 14.6 Å². The fourth-order valence-corrected chi connectivity index (χ4v) is 4.50. The number of ether oxygens (including phenoxy) is 1. The van der Waals surface area contributed by atoms with Crippen LogP contribution in [-0.4, -0.2) is 17.2 Å². The minimum atomic E-state index is -0.731. The summed E-state index contributed by atoms with van der Waals surface area (Å²) in [5, 5.41) is 10.1. The lowest BCUT2D eigenvalue weighted by atomic mass is 9.93. The minimum Gasteiger partial charge on any atom is -0.368 e. The second kappa shape index (κ2) is 10.2. The van der Waals surface area contributed by atoms with E-state index in [1.165, 1.54) is 44.1 Å². The molecule has 0 radical (unpaired) electrons. The molecule has 1 aromatic rings. The molecule has 2 atom stereocenters. The highest BCUT2D eigenvalue weighted by Crippen LogP contribution is 2.34. The fraction of sp³-hybridized carbons (Fsp3) is 0.696. The summed E-state index contributed by atoms with van der Waals surface area (Å²) in [6, 6.07) is 8.70. The van der Waals surface area contributed by atoms with E-state index in [9.17, 15) is 9.90 Å². The van der Waals surface area contributed by atoms with E-state index in [0.717, 1.165) is 43.6 Å². The number of aliphatic hydroxyl groups is 1. The van der Waals surface area contributed by atoms with Crippen molar-refractivity contribution in [2.45, 2.75) is 95.9 Å². The number of hydrogen-bond donors (Lipinski definition) is 1. The third kappa shape index (κ3) is 5.92. The molecule has 1 N–H and O–H groups in total. The average molecular weight is 359 g/mol. The summed E-state index contributed by atoms with van der Waals surface area (Å²) in [5.74, 6) is 1.38. The molecule has 144 valence electrons. The molecule has 2 aliphatic rings. The van der Waals surface area contributed by atoms with Gasteiger partial charge in [-0.2, -0.15) is 0 Å². The van der Waals surface area contributed by atoms with Gasteiger partial charge in [-0.05, 0) is 62.0 Å². The summed E-state index contributed by atoms with van der Waals surface area (Å²) >= 11 is 0. The standard InChI is InChI=1S/C23H34O3/c24-22-11-3-1-2-9-21(22)10-6-12-23(25)26-17-18-13-15-20(16-14-18)19-7-4-5-8-19/h13-16,19,21,23,25H,1-12,17H2. The Balaban J connectivity index is 1.34. The van der Waals surface area contributed by atoms with Crippen molar-refractivity contribution in [1.29, 1.82) is 0 Å². The molecule has 0 saturated heterocycles. The second-order valence-electron chi connectivity index (χ2n) is 8.18. The van der Waals surface area contributed by atoms with Crippen molar-refractivity contribution in [3.8, 4) is 0 Å². The maximum Gasteiger partial charge on any atom is 0.154 e. The fourth-order valence-electron chi connectivity index (χ4n) is 4.50. The highest BCUT2D eigenvalue weighted by atomic mass is 16.6. The predicted octanol–water partition coefficient (Wildman–Crippen LogP) is 5.50. The summed E-state index contributed by atoms with van der Waals surface area (Å²) in [5.41, 5.74) is 2.56. The quantitative estimate of drug-likeness (QED) is 0.493. The second-order valence-corrected chi connectivity index (χ2v) is 8.18. The molecule has 3 rings (SSSR count). The first kappa shape index (κ1) is 19.6. The zero-order chi connectivity index (χ0) is 18.2. The molecule has 0 spiro atoms. The summed E-state index contributed by atoms with van der Waals surface area (Å²) < 4.78 is 5.60. The van der Waals surface area contributed by atoms with Gasteiger partial charge in [-0.3, -0.25) is 4.79 Å². The molecule has 0 heterocycles. The van der Waals surface area contributed by atoms with Crippen molar-refractivity contribution in [3.63, 3.8) is 0 Å². The first-order valence-electron chi connectivity index (χ1n) is 10.6. The highest BCUT2D eigenvalue weighted by molar-refractivity contribution is 5.81. The first-order chi connectivity index (χ1) is 12.7. The largest absolute Gasteiger partial charge is 0.368 e. The highest BCUT2D eigenvalue weighted by Gasteiger charge is 2.20. The minimum absolute atomic E-state index is 0.216. The van der Waals surface area contributed by atoms with Crippen molar-refractivity contribution in [2.24, 2.45) is 5.92 Å². The van der Waals surface area contributed by atoms with Crippen molar-refractivity contribution in [2.75, 3.05) is 0 Å². The van der Waals surface area contributed by atoms with E-state index in [1.807, 2.05) is 0 Å². The van der Waals surface area contributed by atoms with Crippen LogP contribution in [0.15, 0.2) is 24.3 Å². The lowest BCUT2D eigenvalue weighted by molar-refractivity contribution is -0.124. The number of hydrogen-bond acceptors (Lipinski definition) is 3. The van der Waals surface area contributed by atoms with Crippen molar-refractivity contribution >= 4 is 5.78 Å². The van der Waals surface area contributed by atoms with E-state index >= 15 is 0 Å². The number of Topliss-reactive ketones (excluding diaryl/α,β-unsaturated/α-hetero) is 1. The summed E-state index contributed by atoms with van der Waals surface area (Å²) in [6.07, 6.45) is 12.2. The van der Waals surface area contributed by atoms with Gasteiger partial charge in [0.25, 0.3) is 0 Å². The SMILES string of the molecule is O=C1CCCCCC1CCCC(O)OCc1ccc(C2CCCC2)cc1. The number of rotatable bonds is 8. The monoisotopic (exact) mass is 358 g/mol. The Morgan fingerprint density at radius 3 is 2.50 bits per heavy atom. The molecule has 1 aromatic carbocycles. The van der Waals surface area contributed by atoms with Gasteiger partial charge in [-0.25, -0.2) is 0 Å². The summed E-state index contributed by atoms with van der Waals surface area (Å²) in [6.45, 7) is 0.453. The molecule has 0 amide bonds. The van der Waals surface area contributed by atoms with Crippen LogP contribution in [0.2, 0.25) is 0 Å². The summed E-state index contributed by atoms with van der Waals surface area (Å²) in [4.78, 5) is 12.0. The van der Waals surface area contributed by atoms with E-state index in [4.69, 9.17) is 4.74 Å². The van der Waals surface area contributed by atoms with Gasteiger partial charge < -0.3 is 9.84 Å². The Morgan fingerprint density at radius 2 is 1.73 bits per heavy atom. The maximum atomic E-state index is 12.0. The van der Waals surface area contributed by atoms with Gasteiger partial charge in [0.05, 0.1) is 6.61 Å². The molecule has 2 aliphatic carbocycles. The van der Waals surface area contributed by atoms with E-state index in [-0.39, 0.29) is 5.92 Å². The Bertz CT molecular complexity index is 545. The lowest BCUT2D eigenvalue weighted by Gasteiger charge is -2.16. The third-order valence-electron chi connectivity index (χ3n) is 6.18. The van der Waals surface area contributed by atoms with E-state index < -0.39 is 6.29 Å². The molecule has 3 heteroatoms. The van der Waals surface area contributed by atoms with Crippen LogP contribution in [0.3, 0.4) is 0 Å². The van der Waals surface area contributed by atoms with Crippen LogP contribution in [0.1, 0.15) is 94.1 Å². The van der Waals surface area contributed by atoms with Crippen LogP contribution in [0.25, 0.3) is 0 Å². The number of carbonyl (C=O) groups is 1. The molecule has 2 unspecified atom stereocenters. The van der Waals surface area contributed by atoms with Crippen molar-refractivity contribution in [3.05, 3.63) is 35.4 Å². The van der Waals surface area contributed by atoms with Crippen LogP contribution in [0, 0.1) is 5.92 Å². The zero-order valence-electron chi connectivity index (χ0n) is 16.0. The average Bonchev–Trinajstić information content (AvgIpc) is 3.12. The Hall–Kier alpha value is -1.19. The van der Waals surface area contributed by atoms with Gasteiger partial charge in [0.2, 0.25) is 0 Å². The van der Waals surface area contributed by atoms with E-state index in [0.29, 0.717) is 18.8 Å². The van der Waals surface area contributed by atoms with Gasteiger partial charge in [0, 0.05) is 12.3 Å². The molecule has 0 aromatic heterocycles. The molecular weight excluding hydrogens is 324 g/mol. The van der Waals surface area contributed by atoms with Crippen LogP contribution in [0.5, 0.6) is 0 Å². The van der Waals surface area contributed by atoms with E-state index in [1.54, 1.807) is 0 Å². The molecule has 2 fully saturated rings. The predicted molar refractivity (Wildman–Crippen MR) is 104 cm³/mol. The summed E-state index contributed by atoms with van der Waals surface area (Å²) in [7, 11) is 0. The van der Waals surface area contributed by atoms with Gasteiger partial charge in [-0.1, -0.05) is 49.9 Å². The van der Waals surface area contributed by atoms with Crippen LogP contribution < -0.4 is 0 Å². The molecule has 3 nitrogen and oxygen atoms in total. The smallest absolute Gasteiger partial charge is 0.154 e. The molecule has 2 saturated carbocycles. The molecule has 0 aliphatic heterocycles. The number of carbonyl (C=O) groups excluding carboxylic acids is 1. The third-order valence-corrected chi connectivity index (χ3v) is 6.18. The van der Waals surface area contributed by atoms with Crippen LogP contribution in [-0.2, 0) is 16.1 Å². The molecular formula is C23H34O3. The zero-order valence-corrected chi connectivity index (χ0v) is 16.0.